The minimum atomic E-state index is -3.82. The van der Waals surface area contributed by atoms with Gasteiger partial charge in [-0.2, -0.15) is 9.29 Å². The van der Waals surface area contributed by atoms with Gasteiger partial charge >= 0.3 is 0 Å². The van der Waals surface area contributed by atoms with Crippen molar-refractivity contribution in [3.05, 3.63) is 59.7 Å². The van der Waals surface area contributed by atoms with Crippen LogP contribution in [0.4, 0.5) is 4.39 Å². The van der Waals surface area contributed by atoms with E-state index in [1.165, 1.54) is 26.1 Å². The van der Waals surface area contributed by atoms with Crippen molar-refractivity contribution in [2.75, 3.05) is 13.7 Å². The first kappa shape index (κ1) is 20.0. The normalized spacial score (nSPS) is 11.8. The van der Waals surface area contributed by atoms with E-state index in [2.05, 4.69) is 10.1 Å². The molecule has 0 aliphatic heterocycles. The second-order valence-corrected chi connectivity index (χ2v) is 8.19. The molecular formula is C19H20FN3O4S. The molecule has 0 atom stereocenters. The second-order valence-electron chi connectivity index (χ2n) is 6.14. The summed E-state index contributed by atoms with van der Waals surface area (Å²) in [5.41, 5.74) is 0.975. The van der Waals surface area contributed by atoms with Gasteiger partial charge in [0.05, 0.1) is 18.0 Å². The highest BCUT2D eigenvalue weighted by molar-refractivity contribution is 7.89. The van der Waals surface area contributed by atoms with Crippen molar-refractivity contribution < 1.29 is 22.1 Å². The summed E-state index contributed by atoms with van der Waals surface area (Å²) in [6.45, 7) is 3.87. The number of aryl methyl sites for hydroxylation is 1. The van der Waals surface area contributed by atoms with Crippen molar-refractivity contribution in [2.45, 2.75) is 25.3 Å². The molecule has 0 radical (unpaired) electrons. The molecule has 0 saturated carbocycles. The van der Waals surface area contributed by atoms with Crippen molar-refractivity contribution in [1.82, 2.24) is 14.4 Å². The molecule has 0 spiro atoms. The van der Waals surface area contributed by atoms with Crippen molar-refractivity contribution >= 4 is 10.0 Å². The van der Waals surface area contributed by atoms with Crippen LogP contribution in [0.5, 0.6) is 5.75 Å². The standard InChI is InChI=1S/C19H20FN3O4S/c1-4-26-15-7-5-14(6-8-15)19-21-18(27-22-19)12-23(3)28(24,25)16-9-10-17(20)13(2)11-16/h5-11H,4,12H2,1-3H3. The third kappa shape index (κ3) is 4.20. The van der Waals surface area contributed by atoms with E-state index in [9.17, 15) is 12.8 Å². The number of sulfonamides is 1. The van der Waals surface area contributed by atoms with Gasteiger partial charge < -0.3 is 9.26 Å². The maximum Gasteiger partial charge on any atom is 0.243 e. The topological polar surface area (TPSA) is 85.5 Å². The Morgan fingerprint density at radius 1 is 1.18 bits per heavy atom. The van der Waals surface area contributed by atoms with Crippen LogP contribution in [0.25, 0.3) is 11.4 Å². The molecule has 1 heterocycles. The molecule has 28 heavy (non-hydrogen) atoms. The molecule has 0 saturated heterocycles. The fraction of sp³-hybridized carbons (Fsp3) is 0.263. The predicted molar refractivity (Wildman–Crippen MR) is 101 cm³/mol. The Labute approximate surface area is 162 Å². The van der Waals surface area contributed by atoms with Crippen LogP contribution in [-0.2, 0) is 16.6 Å². The maximum absolute atomic E-state index is 13.4. The second kappa shape index (κ2) is 8.07. The summed E-state index contributed by atoms with van der Waals surface area (Å²) in [4.78, 5) is 4.25. The van der Waals surface area contributed by atoms with Crippen LogP contribution in [0.3, 0.4) is 0 Å². The van der Waals surface area contributed by atoms with Gasteiger partial charge in [-0.05, 0) is 61.9 Å². The van der Waals surface area contributed by atoms with E-state index in [0.29, 0.717) is 12.4 Å². The van der Waals surface area contributed by atoms with Crippen molar-refractivity contribution in [2.24, 2.45) is 0 Å². The van der Waals surface area contributed by atoms with Gasteiger partial charge in [-0.3, -0.25) is 0 Å². The zero-order chi connectivity index (χ0) is 20.3. The number of aromatic nitrogens is 2. The van der Waals surface area contributed by atoms with E-state index in [0.717, 1.165) is 21.7 Å². The van der Waals surface area contributed by atoms with Crippen LogP contribution >= 0.6 is 0 Å². The third-order valence-electron chi connectivity index (χ3n) is 4.09. The van der Waals surface area contributed by atoms with E-state index < -0.39 is 15.8 Å². The first-order chi connectivity index (χ1) is 13.3. The number of nitrogens with zero attached hydrogens (tertiary/aromatic N) is 3. The van der Waals surface area contributed by atoms with Gasteiger partial charge in [0, 0.05) is 12.6 Å². The van der Waals surface area contributed by atoms with E-state index in [1.54, 1.807) is 24.3 Å². The van der Waals surface area contributed by atoms with Crippen molar-refractivity contribution in [3.63, 3.8) is 0 Å². The Kier molecular flexibility index (Phi) is 5.76. The molecule has 0 N–H and O–H groups in total. The molecule has 3 aromatic rings. The lowest BCUT2D eigenvalue weighted by Gasteiger charge is -2.15. The number of rotatable bonds is 7. The Morgan fingerprint density at radius 2 is 1.89 bits per heavy atom. The van der Waals surface area contributed by atoms with Gasteiger partial charge in [0.15, 0.2) is 0 Å². The van der Waals surface area contributed by atoms with Crippen LogP contribution in [0.1, 0.15) is 18.4 Å². The molecule has 1 aromatic heterocycles. The number of benzene rings is 2. The number of halogens is 1. The highest BCUT2D eigenvalue weighted by Crippen LogP contribution is 2.22. The zero-order valence-corrected chi connectivity index (χ0v) is 16.5. The Bertz CT molecular complexity index is 1070. The lowest BCUT2D eigenvalue weighted by molar-refractivity contribution is 0.336. The molecule has 148 valence electrons. The Hall–Kier alpha value is -2.78. The molecule has 0 unspecified atom stereocenters. The first-order valence-corrected chi connectivity index (χ1v) is 10.0. The number of ether oxygens (including phenoxy) is 1. The predicted octanol–water partition coefficient (Wildman–Crippen LogP) is 3.40. The molecule has 0 bridgehead atoms. The molecule has 9 heteroatoms. The third-order valence-corrected chi connectivity index (χ3v) is 5.89. The number of hydrogen-bond donors (Lipinski definition) is 0. The highest BCUT2D eigenvalue weighted by Gasteiger charge is 2.24. The van der Waals surface area contributed by atoms with Crippen LogP contribution < -0.4 is 4.74 Å². The molecule has 2 aromatic carbocycles. The van der Waals surface area contributed by atoms with Gasteiger partial charge in [0.25, 0.3) is 0 Å². The van der Waals surface area contributed by atoms with Crippen LogP contribution in [-0.4, -0.2) is 36.5 Å². The van der Waals surface area contributed by atoms with Gasteiger partial charge in [-0.1, -0.05) is 5.16 Å². The molecule has 0 aliphatic rings. The summed E-state index contributed by atoms with van der Waals surface area (Å²) in [5.74, 6) is 0.768. The maximum atomic E-state index is 13.4. The minimum absolute atomic E-state index is 0.000140. The summed E-state index contributed by atoms with van der Waals surface area (Å²) in [6, 6.07) is 10.8. The molecule has 7 nitrogen and oxygen atoms in total. The summed E-state index contributed by atoms with van der Waals surface area (Å²) >= 11 is 0. The highest BCUT2D eigenvalue weighted by atomic mass is 32.2. The van der Waals surface area contributed by atoms with Gasteiger partial charge in [0.2, 0.25) is 21.7 Å². The molecule has 0 amide bonds. The SMILES string of the molecule is CCOc1ccc(-c2noc(CN(C)S(=O)(=O)c3ccc(F)c(C)c3)n2)cc1. The zero-order valence-electron chi connectivity index (χ0n) is 15.7. The molecule has 0 fully saturated rings. The first-order valence-electron chi connectivity index (χ1n) is 8.59. The largest absolute Gasteiger partial charge is 0.494 e. The Morgan fingerprint density at radius 3 is 2.54 bits per heavy atom. The van der Waals surface area contributed by atoms with Crippen molar-refractivity contribution in [1.29, 1.82) is 0 Å². The minimum Gasteiger partial charge on any atom is -0.494 e. The summed E-state index contributed by atoms with van der Waals surface area (Å²) in [7, 11) is -2.42. The van der Waals surface area contributed by atoms with Gasteiger partial charge in [-0.25, -0.2) is 12.8 Å². The average Bonchev–Trinajstić information content (AvgIpc) is 3.13. The van der Waals surface area contributed by atoms with Crippen LogP contribution in [0.2, 0.25) is 0 Å². The quantitative estimate of drug-likeness (QED) is 0.599. The van der Waals surface area contributed by atoms with Crippen LogP contribution in [0.15, 0.2) is 51.9 Å². The monoisotopic (exact) mass is 405 g/mol. The van der Waals surface area contributed by atoms with E-state index in [4.69, 9.17) is 9.26 Å². The fourth-order valence-corrected chi connectivity index (χ4v) is 3.74. The lowest BCUT2D eigenvalue weighted by Crippen LogP contribution is -2.26. The van der Waals surface area contributed by atoms with E-state index in [-0.39, 0.29) is 22.9 Å². The molecule has 3 rings (SSSR count). The summed E-state index contributed by atoms with van der Waals surface area (Å²) in [6.07, 6.45) is 0. The number of hydrogen-bond acceptors (Lipinski definition) is 6. The van der Waals surface area contributed by atoms with Crippen LogP contribution in [0, 0.1) is 12.7 Å². The van der Waals surface area contributed by atoms with E-state index >= 15 is 0 Å². The van der Waals surface area contributed by atoms with E-state index in [1.807, 2.05) is 6.92 Å². The summed E-state index contributed by atoms with van der Waals surface area (Å²) in [5, 5.41) is 3.90. The van der Waals surface area contributed by atoms with Gasteiger partial charge in [-0.15, -0.1) is 0 Å². The van der Waals surface area contributed by atoms with Gasteiger partial charge in [0.1, 0.15) is 11.6 Å². The molecule has 0 aliphatic carbocycles. The average molecular weight is 405 g/mol. The fourth-order valence-electron chi connectivity index (χ4n) is 2.54. The lowest BCUT2D eigenvalue weighted by atomic mass is 10.2. The Balaban J connectivity index is 1.75. The molecular weight excluding hydrogens is 385 g/mol. The smallest absolute Gasteiger partial charge is 0.243 e. The van der Waals surface area contributed by atoms with Crippen molar-refractivity contribution in [3.8, 4) is 17.1 Å². The summed E-state index contributed by atoms with van der Waals surface area (Å²) < 4.78 is 50.4.